The molecule has 3 N–H and O–H groups in total. The third-order valence-corrected chi connectivity index (χ3v) is 2.02. The second-order valence-electron chi connectivity index (χ2n) is 3.06. The second kappa shape index (κ2) is 3.38. The van der Waals surface area contributed by atoms with E-state index >= 15 is 0 Å². The number of rotatable bonds is 2. The number of aromatic amines is 1. The number of benzene rings is 1. The minimum Gasteiger partial charge on any atom is -0.366 e. The van der Waals surface area contributed by atoms with E-state index in [9.17, 15) is 4.79 Å². The molecule has 0 aliphatic carbocycles. The highest BCUT2D eigenvalue weighted by Gasteiger charge is 1.94. The van der Waals surface area contributed by atoms with Crippen LogP contribution < -0.4 is 5.73 Å². The van der Waals surface area contributed by atoms with Gasteiger partial charge in [-0.1, -0.05) is 6.07 Å². The van der Waals surface area contributed by atoms with Gasteiger partial charge in [0.25, 0.3) is 0 Å². The number of nitrogens with two attached hydrogens (primary N) is 1. The number of nitrogens with one attached hydrogen (secondary N) is 1. The zero-order valence-corrected chi connectivity index (χ0v) is 7.53. The van der Waals surface area contributed by atoms with Crippen molar-refractivity contribution < 1.29 is 4.79 Å². The summed E-state index contributed by atoms with van der Waals surface area (Å²) in [6.45, 7) is 0. The van der Waals surface area contributed by atoms with Gasteiger partial charge in [-0.25, -0.2) is 0 Å². The quantitative estimate of drug-likeness (QED) is 0.688. The molecule has 0 spiro atoms. The van der Waals surface area contributed by atoms with Gasteiger partial charge in [0.05, 0.1) is 0 Å². The second-order valence-corrected chi connectivity index (χ2v) is 3.06. The Morgan fingerprint density at radius 1 is 1.36 bits per heavy atom. The summed E-state index contributed by atoms with van der Waals surface area (Å²) in [6, 6.07) is 7.87. The number of hydrogen-bond donors (Lipinski definition) is 2. The summed E-state index contributed by atoms with van der Waals surface area (Å²) in [5, 5.41) is 1.12. The first-order valence-electron chi connectivity index (χ1n) is 4.30. The molecule has 14 heavy (non-hydrogen) atoms. The van der Waals surface area contributed by atoms with Crippen LogP contribution >= 0.6 is 0 Å². The van der Waals surface area contributed by atoms with Gasteiger partial charge in [-0.15, -0.1) is 0 Å². The van der Waals surface area contributed by atoms with Gasteiger partial charge < -0.3 is 10.7 Å². The van der Waals surface area contributed by atoms with Crippen molar-refractivity contribution in [1.29, 1.82) is 0 Å². The van der Waals surface area contributed by atoms with Gasteiger partial charge >= 0.3 is 0 Å². The normalized spacial score (nSPS) is 11.1. The Bertz CT molecular complexity index is 497. The zero-order valence-electron chi connectivity index (χ0n) is 7.53. The summed E-state index contributed by atoms with van der Waals surface area (Å²) in [7, 11) is 0. The van der Waals surface area contributed by atoms with Crippen LogP contribution in [0, 0.1) is 0 Å². The summed E-state index contributed by atoms with van der Waals surface area (Å²) in [6.07, 6.45) is 4.94. The fourth-order valence-electron chi connectivity index (χ4n) is 1.35. The number of aromatic nitrogens is 1. The maximum Gasteiger partial charge on any atom is 0.241 e. The van der Waals surface area contributed by atoms with Crippen LogP contribution in [0.2, 0.25) is 0 Å². The molecule has 0 unspecified atom stereocenters. The number of fused-ring (bicyclic) bond motifs is 1. The van der Waals surface area contributed by atoms with Gasteiger partial charge in [-0.3, -0.25) is 4.79 Å². The summed E-state index contributed by atoms with van der Waals surface area (Å²) >= 11 is 0. The average Bonchev–Trinajstić information content (AvgIpc) is 2.61. The Hall–Kier alpha value is -2.03. The maximum atomic E-state index is 10.5. The topological polar surface area (TPSA) is 58.9 Å². The number of hydrogen-bond acceptors (Lipinski definition) is 1. The van der Waals surface area contributed by atoms with Crippen LogP contribution in [-0.2, 0) is 4.79 Å². The molecular weight excluding hydrogens is 176 g/mol. The highest BCUT2D eigenvalue weighted by Crippen LogP contribution is 2.14. The molecule has 1 aromatic heterocycles. The Labute approximate surface area is 81.2 Å². The molecule has 1 amide bonds. The van der Waals surface area contributed by atoms with Crippen molar-refractivity contribution in [2.45, 2.75) is 0 Å². The van der Waals surface area contributed by atoms with E-state index in [2.05, 4.69) is 4.98 Å². The van der Waals surface area contributed by atoms with E-state index in [0.717, 1.165) is 16.5 Å². The van der Waals surface area contributed by atoms with Crippen molar-refractivity contribution in [3.8, 4) is 0 Å². The molecule has 1 heterocycles. The van der Waals surface area contributed by atoms with Crippen molar-refractivity contribution >= 4 is 22.9 Å². The third kappa shape index (κ3) is 1.66. The van der Waals surface area contributed by atoms with Crippen LogP contribution in [0.15, 0.2) is 36.5 Å². The molecule has 0 atom stereocenters. The summed E-state index contributed by atoms with van der Waals surface area (Å²) in [4.78, 5) is 13.6. The lowest BCUT2D eigenvalue weighted by Crippen LogP contribution is -2.04. The first-order valence-corrected chi connectivity index (χ1v) is 4.30. The van der Waals surface area contributed by atoms with E-state index in [1.807, 2.05) is 30.5 Å². The van der Waals surface area contributed by atoms with Crippen LogP contribution in [0.4, 0.5) is 0 Å². The number of carbonyl (C=O) groups is 1. The predicted octanol–water partition coefficient (Wildman–Crippen LogP) is 1.67. The van der Waals surface area contributed by atoms with Crippen LogP contribution in [0.25, 0.3) is 17.0 Å². The molecule has 3 heteroatoms. The number of primary amides is 1. The third-order valence-electron chi connectivity index (χ3n) is 2.02. The Morgan fingerprint density at radius 3 is 3.00 bits per heavy atom. The minimum absolute atomic E-state index is 0.431. The largest absolute Gasteiger partial charge is 0.366 e. The van der Waals surface area contributed by atoms with Crippen LogP contribution in [0.1, 0.15) is 5.56 Å². The van der Waals surface area contributed by atoms with E-state index in [4.69, 9.17) is 5.73 Å². The van der Waals surface area contributed by atoms with E-state index in [1.165, 1.54) is 6.08 Å². The van der Waals surface area contributed by atoms with Gasteiger partial charge in [-0.2, -0.15) is 0 Å². The smallest absolute Gasteiger partial charge is 0.241 e. The molecule has 0 fully saturated rings. The maximum absolute atomic E-state index is 10.5. The van der Waals surface area contributed by atoms with Crippen LogP contribution in [0.5, 0.6) is 0 Å². The fraction of sp³-hybridized carbons (Fsp3) is 0. The van der Waals surface area contributed by atoms with Crippen LogP contribution in [0.3, 0.4) is 0 Å². The Balaban J connectivity index is 2.39. The molecule has 2 rings (SSSR count). The zero-order chi connectivity index (χ0) is 9.97. The van der Waals surface area contributed by atoms with Gasteiger partial charge in [0.2, 0.25) is 5.91 Å². The van der Waals surface area contributed by atoms with Crippen molar-refractivity contribution in [1.82, 2.24) is 4.98 Å². The first kappa shape index (κ1) is 8.56. The van der Waals surface area contributed by atoms with Crippen molar-refractivity contribution in [2.75, 3.05) is 0 Å². The van der Waals surface area contributed by atoms with Gasteiger partial charge in [0.1, 0.15) is 0 Å². The Morgan fingerprint density at radius 2 is 2.21 bits per heavy atom. The molecule has 1 aromatic carbocycles. The van der Waals surface area contributed by atoms with E-state index in [1.54, 1.807) is 6.08 Å². The van der Waals surface area contributed by atoms with Gasteiger partial charge in [0, 0.05) is 17.8 Å². The molecule has 3 nitrogen and oxygen atoms in total. The number of H-pyrrole nitrogens is 1. The van der Waals surface area contributed by atoms with E-state index in [-0.39, 0.29) is 0 Å². The number of amides is 1. The Kier molecular flexibility index (Phi) is 2.07. The van der Waals surface area contributed by atoms with E-state index < -0.39 is 5.91 Å². The van der Waals surface area contributed by atoms with Crippen molar-refractivity contribution in [3.05, 3.63) is 42.1 Å². The average molecular weight is 186 g/mol. The molecule has 0 aliphatic heterocycles. The summed E-state index contributed by atoms with van der Waals surface area (Å²) in [5.41, 5.74) is 7.05. The highest BCUT2D eigenvalue weighted by atomic mass is 16.1. The lowest BCUT2D eigenvalue weighted by atomic mass is 10.1. The highest BCUT2D eigenvalue weighted by molar-refractivity contribution is 5.91. The molecule has 0 aliphatic rings. The van der Waals surface area contributed by atoms with E-state index in [0.29, 0.717) is 0 Å². The lowest BCUT2D eigenvalue weighted by Gasteiger charge is -1.93. The van der Waals surface area contributed by atoms with Crippen LogP contribution in [-0.4, -0.2) is 10.9 Å². The molecule has 0 bridgehead atoms. The standard InChI is InChI=1S/C11H10N2O/c12-11(14)4-2-8-1-3-10-9(7-8)5-6-13-10/h1-7,13H,(H2,12,14)/b4-2-. The van der Waals surface area contributed by atoms with Gasteiger partial charge in [-0.05, 0) is 35.2 Å². The lowest BCUT2D eigenvalue weighted by molar-refractivity contribution is -0.113. The van der Waals surface area contributed by atoms with Gasteiger partial charge in [0.15, 0.2) is 0 Å². The molecule has 0 saturated carbocycles. The molecule has 0 radical (unpaired) electrons. The predicted molar refractivity (Wildman–Crippen MR) is 56.5 cm³/mol. The molecule has 2 aromatic rings. The van der Waals surface area contributed by atoms with Crippen molar-refractivity contribution in [2.24, 2.45) is 5.73 Å². The molecule has 0 saturated heterocycles. The van der Waals surface area contributed by atoms with Crippen molar-refractivity contribution in [3.63, 3.8) is 0 Å². The summed E-state index contributed by atoms with van der Waals surface area (Å²) < 4.78 is 0. The first-order chi connectivity index (χ1) is 6.75. The summed E-state index contributed by atoms with van der Waals surface area (Å²) in [5.74, 6) is -0.431. The molecular formula is C11H10N2O. The monoisotopic (exact) mass is 186 g/mol. The number of carbonyl (C=O) groups excluding carboxylic acids is 1. The fourth-order valence-corrected chi connectivity index (χ4v) is 1.35. The SMILES string of the molecule is NC(=O)/C=C\c1ccc2[nH]ccc2c1. The molecule has 70 valence electrons. The minimum atomic E-state index is -0.431.